The summed E-state index contributed by atoms with van der Waals surface area (Å²) in [6.07, 6.45) is -0.512. The van der Waals surface area contributed by atoms with Gasteiger partial charge in [-0.05, 0) is 38.1 Å². The summed E-state index contributed by atoms with van der Waals surface area (Å²) in [6, 6.07) is 9.54. The molecule has 150 valence electrons. The van der Waals surface area contributed by atoms with E-state index in [1.165, 1.54) is 0 Å². The number of aromatic nitrogens is 2. The van der Waals surface area contributed by atoms with Crippen LogP contribution in [0, 0.1) is 6.92 Å². The Labute approximate surface area is 175 Å². The molecule has 1 saturated heterocycles. The van der Waals surface area contributed by atoms with Crippen molar-refractivity contribution in [3.8, 4) is 5.75 Å². The minimum Gasteiger partial charge on any atom is -0.481 e. The van der Waals surface area contributed by atoms with E-state index in [1.54, 1.807) is 6.92 Å². The van der Waals surface area contributed by atoms with Crippen LogP contribution in [0.2, 0.25) is 0 Å². The number of hydrogen-bond donors (Lipinski definition) is 0. The number of benzene rings is 1. The first-order valence-corrected chi connectivity index (χ1v) is 10.4. The number of aryl methyl sites for hydroxylation is 1. The topological polar surface area (TPSA) is 58.6 Å². The zero-order valence-corrected chi connectivity index (χ0v) is 18.4. The molecule has 0 aliphatic carbocycles. The van der Waals surface area contributed by atoms with Crippen LogP contribution in [0.4, 0.5) is 5.82 Å². The van der Waals surface area contributed by atoms with Gasteiger partial charge in [0.2, 0.25) is 0 Å². The van der Waals surface area contributed by atoms with Crippen molar-refractivity contribution in [2.45, 2.75) is 39.7 Å². The number of anilines is 1. The fraction of sp³-hybridized carbons (Fsp3) is 0.476. The maximum atomic E-state index is 12.8. The van der Waals surface area contributed by atoms with E-state index in [2.05, 4.69) is 39.7 Å². The zero-order chi connectivity index (χ0) is 20.3. The van der Waals surface area contributed by atoms with Gasteiger partial charge in [-0.15, -0.1) is 0 Å². The van der Waals surface area contributed by atoms with E-state index in [1.807, 2.05) is 42.2 Å². The first-order chi connectivity index (χ1) is 13.3. The fourth-order valence-electron chi connectivity index (χ4n) is 3.18. The van der Waals surface area contributed by atoms with Crippen LogP contribution in [0.25, 0.3) is 0 Å². The van der Waals surface area contributed by atoms with Crippen LogP contribution in [0.1, 0.15) is 38.2 Å². The minimum absolute atomic E-state index is 0.0179. The predicted octanol–water partition coefficient (Wildman–Crippen LogP) is 3.79. The molecule has 1 aromatic carbocycles. The molecular formula is C21H27BrN4O2. The highest BCUT2D eigenvalue weighted by Gasteiger charge is 2.27. The lowest BCUT2D eigenvalue weighted by atomic mass is 10.2. The molecule has 2 heterocycles. The van der Waals surface area contributed by atoms with Crippen LogP contribution in [0.15, 0.2) is 34.8 Å². The summed E-state index contributed by atoms with van der Waals surface area (Å²) in [5.74, 6) is 2.82. The normalized spacial score (nSPS) is 15.6. The highest BCUT2D eigenvalue weighted by molar-refractivity contribution is 9.10. The molecule has 2 aromatic rings. The first kappa shape index (κ1) is 20.6. The van der Waals surface area contributed by atoms with E-state index in [0.717, 1.165) is 34.9 Å². The largest absolute Gasteiger partial charge is 0.481 e. The molecule has 0 spiro atoms. The number of rotatable bonds is 5. The summed E-state index contributed by atoms with van der Waals surface area (Å²) < 4.78 is 6.79. The highest BCUT2D eigenvalue weighted by Crippen LogP contribution is 2.20. The highest BCUT2D eigenvalue weighted by atomic mass is 79.9. The Kier molecular flexibility index (Phi) is 6.54. The van der Waals surface area contributed by atoms with Crippen LogP contribution in [0.5, 0.6) is 5.75 Å². The molecule has 1 aliphatic rings. The fourth-order valence-corrected chi connectivity index (χ4v) is 3.44. The van der Waals surface area contributed by atoms with Crippen LogP contribution in [0.3, 0.4) is 0 Å². The molecule has 0 N–H and O–H groups in total. The van der Waals surface area contributed by atoms with E-state index in [-0.39, 0.29) is 11.8 Å². The lowest BCUT2D eigenvalue weighted by Gasteiger charge is -2.36. The lowest BCUT2D eigenvalue weighted by Crippen LogP contribution is -2.52. The van der Waals surface area contributed by atoms with Gasteiger partial charge in [0.25, 0.3) is 5.91 Å². The van der Waals surface area contributed by atoms with Crippen LogP contribution in [-0.4, -0.2) is 53.1 Å². The summed E-state index contributed by atoms with van der Waals surface area (Å²) >= 11 is 3.40. The number of nitrogens with zero attached hydrogens (tertiary/aromatic N) is 4. The number of hydrogen-bond acceptors (Lipinski definition) is 5. The third-order valence-corrected chi connectivity index (χ3v) is 5.29. The van der Waals surface area contributed by atoms with Crippen LogP contribution >= 0.6 is 15.9 Å². The van der Waals surface area contributed by atoms with Gasteiger partial charge in [-0.3, -0.25) is 4.79 Å². The number of amides is 1. The van der Waals surface area contributed by atoms with Crippen molar-refractivity contribution >= 4 is 27.7 Å². The maximum Gasteiger partial charge on any atom is 0.263 e. The Morgan fingerprint density at radius 3 is 2.32 bits per heavy atom. The van der Waals surface area contributed by atoms with Gasteiger partial charge in [0.15, 0.2) is 6.10 Å². The van der Waals surface area contributed by atoms with Gasteiger partial charge in [-0.25, -0.2) is 9.97 Å². The summed E-state index contributed by atoms with van der Waals surface area (Å²) in [5.41, 5.74) is 0.976. The molecule has 0 radical (unpaired) electrons. The molecule has 1 amide bonds. The predicted molar refractivity (Wildman–Crippen MR) is 114 cm³/mol. The average Bonchev–Trinajstić information content (AvgIpc) is 2.68. The standard InChI is InChI=1S/C21H27BrN4O2/c1-14(2)20-23-15(3)13-19(24-20)25-9-11-26(12-10-25)21(27)16(4)28-18-7-5-17(22)6-8-18/h5-8,13-14,16H,9-12H2,1-4H3/t16-/m0/s1. The van der Waals surface area contributed by atoms with Crippen LogP contribution in [-0.2, 0) is 4.79 Å². The SMILES string of the molecule is Cc1cc(N2CCN(C(=O)[C@H](C)Oc3ccc(Br)cc3)CC2)nc(C(C)C)n1. The third-order valence-electron chi connectivity index (χ3n) is 4.76. The number of carbonyl (C=O) groups excluding carboxylic acids is 1. The van der Waals surface area contributed by atoms with E-state index in [0.29, 0.717) is 18.8 Å². The summed E-state index contributed by atoms with van der Waals surface area (Å²) in [4.78, 5) is 26.1. The molecule has 1 aromatic heterocycles. The van der Waals surface area contributed by atoms with Crippen molar-refractivity contribution in [3.63, 3.8) is 0 Å². The van der Waals surface area contributed by atoms with Gasteiger partial charge in [0.05, 0.1) is 0 Å². The smallest absolute Gasteiger partial charge is 0.263 e. The molecule has 0 saturated carbocycles. The summed E-state index contributed by atoms with van der Waals surface area (Å²) in [7, 11) is 0. The van der Waals surface area contributed by atoms with Gasteiger partial charge in [-0.1, -0.05) is 29.8 Å². The van der Waals surface area contributed by atoms with Gasteiger partial charge in [0, 0.05) is 48.3 Å². The Balaban J connectivity index is 1.58. The van der Waals surface area contributed by atoms with Gasteiger partial charge in [0.1, 0.15) is 17.4 Å². The van der Waals surface area contributed by atoms with Gasteiger partial charge < -0.3 is 14.5 Å². The quantitative estimate of drug-likeness (QED) is 0.698. The molecule has 0 unspecified atom stereocenters. The molecule has 0 bridgehead atoms. The molecule has 1 fully saturated rings. The van der Waals surface area contributed by atoms with E-state index >= 15 is 0 Å². The summed E-state index contributed by atoms with van der Waals surface area (Å²) in [6.45, 7) is 10.8. The van der Waals surface area contributed by atoms with Crippen molar-refractivity contribution in [2.75, 3.05) is 31.1 Å². The monoisotopic (exact) mass is 446 g/mol. The van der Waals surface area contributed by atoms with Gasteiger partial charge in [-0.2, -0.15) is 0 Å². The van der Waals surface area contributed by atoms with E-state index in [4.69, 9.17) is 9.72 Å². The van der Waals surface area contributed by atoms with Crippen molar-refractivity contribution in [1.82, 2.24) is 14.9 Å². The molecule has 7 heteroatoms. The Bertz CT molecular complexity index is 818. The second-order valence-electron chi connectivity index (χ2n) is 7.41. The Hall–Kier alpha value is -2.15. The maximum absolute atomic E-state index is 12.8. The van der Waals surface area contributed by atoms with E-state index in [9.17, 15) is 4.79 Å². The molecule has 1 atom stereocenters. The number of halogens is 1. The van der Waals surface area contributed by atoms with Crippen molar-refractivity contribution in [1.29, 1.82) is 0 Å². The number of piperazine rings is 1. The summed E-state index contributed by atoms with van der Waals surface area (Å²) in [5, 5.41) is 0. The van der Waals surface area contributed by atoms with Crippen LogP contribution < -0.4 is 9.64 Å². The van der Waals surface area contributed by atoms with Gasteiger partial charge >= 0.3 is 0 Å². The van der Waals surface area contributed by atoms with Crippen molar-refractivity contribution in [3.05, 3.63) is 46.3 Å². The van der Waals surface area contributed by atoms with E-state index < -0.39 is 6.10 Å². The Morgan fingerprint density at radius 2 is 1.71 bits per heavy atom. The number of ether oxygens (including phenoxy) is 1. The second-order valence-corrected chi connectivity index (χ2v) is 8.32. The third kappa shape index (κ3) is 5.01. The Morgan fingerprint density at radius 1 is 1.07 bits per heavy atom. The zero-order valence-electron chi connectivity index (χ0n) is 16.9. The lowest BCUT2D eigenvalue weighted by molar-refractivity contribution is -0.138. The van der Waals surface area contributed by atoms with Crippen molar-refractivity contribution in [2.24, 2.45) is 0 Å². The second kappa shape index (κ2) is 8.90. The molecule has 6 nitrogen and oxygen atoms in total. The number of carbonyl (C=O) groups is 1. The molecule has 28 heavy (non-hydrogen) atoms. The average molecular weight is 447 g/mol. The minimum atomic E-state index is -0.512. The first-order valence-electron chi connectivity index (χ1n) is 9.65. The molecule has 3 rings (SSSR count). The molecule has 1 aliphatic heterocycles. The molecular weight excluding hydrogens is 420 g/mol. The van der Waals surface area contributed by atoms with Crippen molar-refractivity contribution < 1.29 is 9.53 Å².